The number of hydrogen-bond donors (Lipinski definition) is 2. The second-order valence-corrected chi connectivity index (χ2v) is 2.69. The maximum Gasteiger partial charge on any atom is 0.337 e. The fourth-order valence-electron chi connectivity index (χ4n) is 1.17. The Bertz CT molecular complexity index is 425. The first-order valence-electron chi connectivity index (χ1n) is 3.68. The van der Waals surface area contributed by atoms with Crippen molar-refractivity contribution in [1.29, 1.82) is 0 Å². The van der Waals surface area contributed by atoms with Gasteiger partial charge in [0.1, 0.15) is 0 Å². The number of nitrogens with one attached hydrogen (secondary N) is 1. The second-order valence-electron chi connectivity index (χ2n) is 2.69. The molecule has 0 radical (unpaired) electrons. The third-order valence-corrected chi connectivity index (χ3v) is 1.71. The molecule has 6 heteroatoms. The lowest BCUT2D eigenvalue weighted by Crippen LogP contribution is -2.15. The van der Waals surface area contributed by atoms with E-state index in [0.717, 1.165) is 0 Å². The molecule has 1 aromatic rings. The molecule has 0 bridgehead atoms. The summed E-state index contributed by atoms with van der Waals surface area (Å²) in [6.45, 7) is 1.26. The number of halogens is 2. The van der Waals surface area contributed by atoms with Crippen LogP contribution in [0.15, 0.2) is 10.9 Å². The molecule has 1 heterocycles. The van der Waals surface area contributed by atoms with Crippen molar-refractivity contribution in [2.75, 3.05) is 0 Å². The minimum atomic E-state index is -2.97. The van der Waals surface area contributed by atoms with E-state index in [1.54, 1.807) is 0 Å². The summed E-state index contributed by atoms with van der Waals surface area (Å²) in [4.78, 5) is 23.6. The molecular weight excluding hydrogens is 196 g/mol. The Labute approximate surface area is 77.2 Å². The molecule has 14 heavy (non-hydrogen) atoms. The molecule has 0 aromatic carbocycles. The minimum Gasteiger partial charge on any atom is -0.478 e. The molecule has 0 fully saturated rings. The van der Waals surface area contributed by atoms with Gasteiger partial charge in [0.15, 0.2) is 0 Å². The van der Waals surface area contributed by atoms with Crippen molar-refractivity contribution < 1.29 is 18.7 Å². The molecule has 2 N–H and O–H groups in total. The molecule has 0 amide bonds. The van der Waals surface area contributed by atoms with E-state index in [2.05, 4.69) is 4.98 Å². The van der Waals surface area contributed by atoms with Crippen molar-refractivity contribution in [1.82, 2.24) is 4.98 Å². The predicted molar refractivity (Wildman–Crippen MR) is 43.7 cm³/mol. The van der Waals surface area contributed by atoms with E-state index in [4.69, 9.17) is 5.11 Å². The number of hydrogen-bond acceptors (Lipinski definition) is 2. The molecule has 0 aliphatic heterocycles. The summed E-state index contributed by atoms with van der Waals surface area (Å²) in [6.07, 6.45) is -2.97. The molecule has 1 aromatic heterocycles. The first-order chi connectivity index (χ1) is 6.43. The van der Waals surface area contributed by atoms with Crippen molar-refractivity contribution in [2.45, 2.75) is 13.3 Å². The smallest absolute Gasteiger partial charge is 0.337 e. The average molecular weight is 203 g/mol. The fourth-order valence-corrected chi connectivity index (χ4v) is 1.17. The second kappa shape index (κ2) is 3.57. The van der Waals surface area contributed by atoms with Crippen LogP contribution in [0.3, 0.4) is 0 Å². The Morgan fingerprint density at radius 1 is 1.57 bits per heavy atom. The number of carboxylic acid groups (broad SMARTS) is 1. The van der Waals surface area contributed by atoms with Crippen LogP contribution in [0.5, 0.6) is 0 Å². The van der Waals surface area contributed by atoms with Gasteiger partial charge in [0.05, 0.1) is 5.56 Å². The van der Waals surface area contributed by atoms with Gasteiger partial charge in [-0.1, -0.05) is 0 Å². The molecule has 0 aliphatic carbocycles. The Balaban J connectivity index is 3.52. The van der Waals surface area contributed by atoms with Crippen LogP contribution in [0, 0.1) is 6.92 Å². The van der Waals surface area contributed by atoms with Gasteiger partial charge in [-0.05, 0) is 6.92 Å². The number of aromatic nitrogens is 1. The van der Waals surface area contributed by atoms with E-state index in [9.17, 15) is 18.4 Å². The van der Waals surface area contributed by atoms with Gasteiger partial charge in [-0.25, -0.2) is 13.6 Å². The molecule has 0 aliphatic rings. The van der Waals surface area contributed by atoms with Crippen LogP contribution in [0.25, 0.3) is 0 Å². The average Bonchev–Trinajstić information content (AvgIpc) is 2.01. The van der Waals surface area contributed by atoms with Crippen molar-refractivity contribution >= 4 is 5.97 Å². The maximum atomic E-state index is 12.3. The molecule has 1 rings (SSSR count). The number of alkyl halides is 2. The first-order valence-corrected chi connectivity index (χ1v) is 3.68. The summed E-state index contributed by atoms with van der Waals surface area (Å²) in [7, 11) is 0. The van der Waals surface area contributed by atoms with E-state index in [1.807, 2.05) is 0 Å². The van der Waals surface area contributed by atoms with Crippen LogP contribution in [0.1, 0.15) is 28.0 Å². The summed E-state index contributed by atoms with van der Waals surface area (Å²) in [5.41, 5.74) is -2.10. The highest BCUT2D eigenvalue weighted by molar-refractivity contribution is 5.90. The normalized spacial score (nSPS) is 10.6. The fraction of sp³-hybridized carbons (Fsp3) is 0.250. The molecule has 0 atom stereocenters. The maximum absolute atomic E-state index is 12.3. The third kappa shape index (κ3) is 1.78. The number of aryl methyl sites for hydroxylation is 1. The Kier molecular flexibility index (Phi) is 2.64. The van der Waals surface area contributed by atoms with Gasteiger partial charge < -0.3 is 10.1 Å². The van der Waals surface area contributed by atoms with E-state index in [0.29, 0.717) is 6.07 Å². The highest BCUT2D eigenvalue weighted by atomic mass is 19.3. The van der Waals surface area contributed by atoms with Crippen molar-refractivity contribution in [3.05, 3.63) is 33.2 Å². The summed E-state index contributed by atoms with van der Waals surface area (Å²) in [5.74, 6) is -1.48. The summed E-state index contributed by atoms with van der Waals surface area (Å²) in [5, 5.41) is 8.63. The third-order valence-electron chi connectivity index (χ3n) is 1.71. The Hall–Kier alpha value is -1.72. The predicted octanol–water partition coefficient (Wildman–Crippen LogP) is 1.32. The number of aromatic amines is 1. The highest BCUT2D eigenvalue weighted by Crippen LogP contribution is 2.22. The number of pyridine rings is 1. The summed E-state index contributed by atoms with van der Waals surface area (Å²) >= 11 is 0. The van der Waals surface area contributed by atoms with Crippen LogP contribution in [-0.4, -0.2) is 16.1 Å². The van der Waals surface area contributed by atoms with Gasteiger partial charge in [0, 0.05) is 17.3 Å². The Morgan fingerprint density at radius 2 is 2.14 bits per heavy atom. The lowest BCUT2D eigenvalue weighted by Gasteiger charge is -2.06. The topological polar surface area (TPSA) is 70.2 Å². The van der Waals surface area contributed by atoms with Crippen LogP contribution in [0.2, 0.25) is 0 Å². The number of H-pyrrole nitrogens is 1. The van der Waals surface area contributed by atoms with Crippen molar-refractivity contribution in [3.63, 3.8) is 0 Å². The van der Waals surface area contributed by atoms with Gasteiger partial charge in [-0.15, -0.1) is 0 Å². The summed E-state index contributed by atoms with van der Waals surface area (Å²) < 4.78 is 24.7. The van der Waals surface area contributed by atoms with E-state index in [-0.39, 0.29) is 5.69 Å². The lowest BCUT2D eigenvalue weighted by molar-refractivity contribution is 0.0683. The molecule has 0 saturated heterocycles. The minimum absolute atomic E-state index is 0.0692. The van der Waals surface area contributed by atoms with E-state index < -0.39 is 29.1 Å². The first kappa shape index (κ1) is 10.4. The van der Waals surface area contributed by atoms with Gasteiger partial charge in [0.25, 0.3) is 6.43 Å². The van der Waals surface area contributed by atoms with Crippen molar-refractivity contribution in [3.8, 4) is 0 Å². The SMILES string of the molecule is Cc1[nH]c(=O)cc(C(F)F)c1C(=O)O. The molecular formula is C8H7F2NO3. The molecule has 4 nitrogen and oxygen atoms in total. The number of carbonyl (C=O) groups is 1. The number of carboxylic acids is 1. The zero-order valence-electron chi connectivity index (χ0n) is 7.17. The van der Waals surface area contributed by atoms with Crippen LogP contribution < -0.4 is 5.56 Å². The van der Waals surface area contributed by atoms with Gasteiger partial charge in [-0.2, -0.15) is 0 Å². The highest BCUT2D eigenvalue weighted by Gasteiger charge is 2.20. The largest absolute Gasteiger partial charge is 0.478 e. The van der Waals surface area contributed by atoms with Gasteiger partial charge in [-0.3, -0.25) is 4.79 Å². The van der Waals surface area contributed by atoms with E-state index in [1.165, 1.54) is 6.92 Å². The van der Waals surface area contributed by atoms with Gasteiger partial charge in [0.2, 0.25) is 5.56 Å². The quantitative estimate of drug-likeness (QED) is 0.761. The standard InChI is InChI=1S/C8H7F2NO3/c1-3-6(8(13)14)4(7(9)10)2-5(12)11-3/h2,7H,1H3,(H,11,12)(H,13,14). The number of rotatable bonds is 2. The zero-order valence-corrected chi connectivity index (χ0v) is 7.17. The van der Waals surface area contributed by atoms with Crippen LogP contribution >= 0.6 is 0 Å². The van der Waals surface area contributed by atoms with Gasteiger partial charge >= 0.3 is 5.97 Å². The molecule has 76 valence electrons. The van der Waals surface area contributed by atoms with E-state index >= 15 is 0 Å². The Morgan fingerprint density at radius 3 is 2.57 bits per heavy atom. The molecule has 0 spiro atoms. The number of aromatic carboxylic acids is 1. The monoisotopic (exact) mass is 203 g/mol. The summed E-state index contributed by atoms with van der Waals surface area (Å²) in [6, 6.07) is 0.598. The van der Waals surface area contributed by atoms with Crippen molar-refractivity contribution in [2.24, 2.45) is 0 Å². The van der Waals surface area contributed by atoms with Crippen LogP contribution in [0.4, 0.5) is 8.78 Å². The lowest BCUT2D eigenvalue weighted by atomic mass is 10.1. The molecule has 0 saturated carbocycles. The molecule has 0 unspecified atom stereocenters. The zero-order chi connectivity index (χ0) is 10.9. The van der Waals surface area contributed by atoms with Crippen LogP contribution in [-0.2, 0) is 0 Å².